The Morgan fingerprint density at radius 2 is 1.86 bits per heavy atom. The normalized spacial score (nSPS) is 10.8. The van der Waals surface area contributed by atoms with Gasteiger partial charge in [-0.15, -0.1) is 0 Å². The highest BCUT2D eigenvalue weighted by molar-refractivity contribution is 14.1. The third-order valence-corrected chi connectivity index (χ3v) is 4.57. The first-order valence-electron chi connectivity index (χ1n) is 8.63. The maximum atomic E-state index is 12.0. The molecule has 0 spiro atoms. The molecule has 1 amide bonds. The van der Waals surface area contributed by atoms with Gasteiger partial charge in [0.1, 0.15) is 18.1 Å². The number of halogens is 1. The van der Waals surface area contributed by atoms with Gasteiger partial charge in [0, 0.05) is 9.13 Å². The van der Waals surface area contributed by atoms with Gasteiger partial charge in [-0.1, -0.05) is 43.0 Å². The highest BCUT2D eigenvalue weighted by Crippen LogP contribution is 2.26. The Kier molecular flexibility index (Phi) is 7.02. The van der Waals surface area contributed by atoms with Crippen molar-refractivity contribution >= 4 is 45.5 Å². The van der Waals surface area contributed by atoms with E-state index in [1.807, 2.05) is 60.7 Å². The molecule has 0 aliphatic carbocycles. The summed E-state index contributed by atoms with van der Waals surface area (Å²) in [6.07, 6.45) is 3.27. The average molecular weight is 486 g/mol. The molecule has 0 atom stereocenters. The van der Waals surface area contributed by atoms with E-state index < -0.39 is 0 Å². The monoisotopic (exact) mass is 486 g/mol. The Labute approximate surface area is 177 Å². The van der Waals surface area contributed by atoms with E-state index in [1.165, 1.54) is 0 Å². The molecule has 0 saturated carbocycles. The Morgan fingerprint density at radius 3 is 2.64 bits per heavy atom. The Hall–Kier alpha value is -2.87. The lowest BCUT2D eigenvalue weighted by molar-refractivity contribution is -0.123. The number of benzene rings is 3. The van der Waals surface area contributed by atoms with Crippen molar-refractivity contribution in [2.24, 2.45) is 5.10 Å². The second kappa shape index (κ2) is 9.89. The van der Waals surface area contributed by atoms with Crippen LogP contribution in [0.5, 0.6) is 11.5 Å². The molecule has 0 aliphatic heterocycles. The molecule has 142 valence electrons. The van der Waals surface area contributed by atoms with Crippen LogP contribution in [-0.2, 0) is 4.79 Å². The van der Waals surface area contributed by atoms with Crippen molar-refractivity contribution in [1.82, 2.24) is 5.43 Å². The minimum absolute atomic E-state index is 0.118. The van der Waals surface area contributed by atoms with Gasteiger partial charge in [0.05, 0.1) is 6.21 Å². The smallest absolute Gasteiger partial charge is 0.277 e. The van der Waals surface area contributed by atoms with Crippen molar-refractivity contribution in [2.75, 3.05) is 13.2 Å². The highest BCUT2D eigenvalue weighted by atomic mass is 127. The summed E-state index contributed by atoms with van der Waals surface area (Å²) in [5.41, 5.74) is 3.28. The first-order valence-corrected chi connectivity index (χ1v) is 9.71. The number of carbonyl (C=O) groups is 1. The fourth-order valence-electron chi connectivity index (χ4n) is 2.56. The summed E-state index contributed by atoms with van der Waals surface area (Å²) in [7, 11) is 0. The summed E-state index contributed by atoms with van der Waals surface area (Å²) >= 11 is 2.21. The van der Waals surface area contributed by atoms with Crippen molar-refractivity contribution in [2.45, 2.75) is 0 Å². The summed E-state index contributed by atoms with van der Waals surface area (Å²) in [6, 6.07) is 19.2. The van der Waals surface area contributed by atoms with Crippen LogP contribution in [0.4, 0.5) is 0 Å². The van der Waals surface area contributed by atoms with Gasteiger partial charge in [0.25, 0.3) is 5.91 Å². The van der Waals surface area contributed by atoms with Gasteiger partial charge in [-0.05, 0) is 63.7 Å². The van der Waals surface area contributed by atoms with E-state index in [-0.39, 0.29) is 12.5 Å². The van der Waals surface area contributed by atoms with Gasteiger partial charge in [-0.3, -0.25) is 4.79 Å². The molecule has 0 heterocycles. The van der Waals surface area contributed by atoms with Gasteiger partial charge in [-0.2, -0.15) is 5.10 Å². The van der Waals surface area contributed by atoms with Crippen molar-refractivity contribution in [1.29, 1.82) is 0 Å². The summed E-state index contributed by atoms with van der Waals surface area (Å²) in [5.74, 6) is 0.962. The molecule has 3 aromatic rings. The van der Waals surface area contributed by atoms with E-state index in [1.54, 1.807) is 12.3 Å². The largest absolute Gasteiger partial charge is 0.489 e. The van der Waals surface area contributed by atoms with Gasteiger partial charge in [-0.25, -0.2) is 5.43 Å². The average Bonchev–Trinajstić information content (AvgIpc) is 2.72. The minimum Gasteiger partial charge on any atom is -0.489 e. The van der Waals surface area contributed by atoms with E-state index in [4.69, 9.17) is 9.47 Å². The number of nitrogens with zero attached hydrogens (tertiary/aromatic N) is 1. The number of carbonyl (C=O) groups excluding carboxylic acids is 1. The second-order valence-corrected chi connectivity index (χ2v) is 7.08. The first kappa shape index (κ1) is 19.9. The SMILES string of the molecule is C=CCOc1ccc2ccccc2c1/C=N/NC(=O)COc1ccc(I)cc1. The summed E-state index contributed by atoms with van der Waals surface area (Å²) in [4.78, 5) is 12.0. The first-order chi connectivity index (χ1) is 13.7. The molecule has 0 unspecified atom stereocenters. The van der Waals surface area contributed by atoms with Crippen LogP contribution in [0.2, 0.25) is 0 Å². The van der Waals surface area contributed by atoms with E-state index in [0.29, 0.717) is 18.1 Å². The van der Waals surface area contributed by atoms with Crippen LogP contribution in [0.15, 0.2) is 78.4 Å². The molecule has 3 aromatic carbocycles. The number of hydrogen-bond acceptors (Lipinski definition) is 4. The number of nitrogens with one attached hydrogen (secondary N) is 1. The van der Waals surface area contributed by atoms with Gasteiger partial charge in [0.15, 0.2) is 6.61 Å². The van der Waals surface area contributed by atoms with Crippen LogP contribution in [-0.4, -0.2) is 25.3 Å². The Bertz CT molecular complexity index is 1000. The van der Waals surface area contributed by atoms with Gasteiger partial charge in [0.2, 0.25) is 0 Å². The molecule has 0 radical (unpaired) electrons. The lowest BCUT2D eigenvalue weighted by Crippen LogP contribution is -2.24. The quantitative estimate of drug-likeness (QED) is 0.220. The van der Waals surface area contributed by atoms with Crippen molar-refractivity contribution < 1.29 is 14.3 Å². The highest BCUT2D eigenvalue weighted by Gasteiger charge is 2.07. The molecule has 5 nitrogen and oxygen atoms in total. The van der Waals surface area contributed by atoms with Crippen molar-refractivity contribution in [3.05, 3.63) is 82.5 Å². The summed E-state index contributed by atoms with van der Waals surface area (Å²) in [5, 5.41) is 6.12. The fourth-order valence-corrected chi connectivity index (χ4v) is 2.92. The van der Waals surface area contributed by atoms with Crippen LogP contribution in [0.3, 0.4) is 0 Å². The lowest BCUT2D eigenvalue weighted by atomic mass is 10.0. The Morgan fingerprint density at radius 1 is 1.07 bits per heavy atom. The molecule has 0 aliphatic rings. The van der Waals surface area contributed by atoms with Crippen LogP contribution in [0.1, 0.15) is 5.56 Å². The lowest BCUT2D eigenvalue weighted by Gasteiger charge is -2.10. The maximum Gasteiger partial charge on any atom is 0.277 e. The predicted octanol–water partition coefficient (Wildman–Crippen LogP) is 4.54. The molecule has 0 aromatic heterocycles. The molecule has 3 rings (SSSR count). The molecule has 0 saturated heterocycles. The van der Waals surface area contributed by atoms with Crippen LogP contribution < -0.4 is 14.9 Å². The number of hydrogen-bond donors (Lipinski definition) is 1. The number of fused-ring (bicyclic) bond motifs is 1. The summed E-state index contributed by atoms with van der Waals surface area (Å²) < 4.78 is 12.3. The van der Waals surface area contributed by atoms with Crippen LogP contribution in [0, 0.1) is 3.57 Å². The topological polar surface area (TPSA) is 59.9 Å². The van der Waals surface area contributed by atoms with E-state index in [0.717, 1.165) is 19.9 Å². The molecule has 0 fully saturated rings. The number of hydrazone groups is 1. The van der Waals surface area contributed by atoms with Crippen LogP contribution in [0.25, 0.3) is 10.8 Å². The van der Waals surface area contributed by atoms with Gasteiger partial charge >= 0.3 is 0 Å². The standard InChI is InChI=1S/C22H19IN2O3/c1-2-13-27-21-12-7-16-5-3-4-6-19(16)20(21)14-24-25-22(26)15-28-18-10-8-17(23)9-11-18/h2-12,14H,1,13,15H2,(H,25,26)/b24-14+. The minimum atomic E-state index is -0.344. The number of amides is 1. The molecular formula is C22H19IN2O3. The molecular weight excluding hydrogens is 467 g/mol. The van der Waals surface area contributed by atoms with E-state index in [9.17, 15) is 4.79 Å². The number of rotatable bonds is 8. The zero-order valence-electron chi connectivity index (χ0n) is 15.1. The zero-order chi connectivity index (χ0) is 19.8. The molecule has 28 heavy (non-hydrogen) atoms. The van der Waals surface area contributed by atoms with Crippen LogP contribution >= 0.6 is 22.6 Å². The zero-order valence-corrected chi connectivity index (χ0v) is 17.3. The molecule has 1 N–H and O–H groups in total. The predicted molar refractivity (Wildman–Crippen MR) is 120 cm³/mol. The maximum absolute atomic E-state index is 12.0. The van der Waals surface area contributed by atoms with Gasteiger partial charge < -0.3 is 9.47 Å². The summed E-state index contributed by atoms with van der Waals surface area (Å²) in [6.45, 7) is 3.94. The third-order valence-electron chi connectivity index (χ3n) is 3.85. The van der Waals surface area contributed by atoms with E-state index >= 15 is 0 Å². The fraction of sp³-hybridized carbons (Fsp3) is 0.0909. The Balaban J connectivity index is 1.68. The third kappa shape index (κ3) is 5.32. The second-order valence-electron chi connectivity index (χ2n) is 5.83. The molecule has 0 bridgehead atoms. The number of ether oxygens (including phenoxy) is 2. The van der Waals surface area contributed by atoms with E-state index in [2.05, 4.69) is 39.7 Å². The molecule has 6 heteroatoms. The van der Waals surface area contributed by atoms with Crippen molar-refractivity contribution in [3.63, 3.8) is 0 Å². The van der Waals surface area contributed by atoms with Crippen molar-refractivity contribution in [3.8, 4) is 11.5 Å².